The van der Waals surface area contributed by atoms with E-state index in [9.17, 15) is 9.59 Å². The van der Waals surface area contributed by atoms with E-state index in [0.717, 1.165) is 42.6 Å². The number of rotatable bonds is 10. The van der Waals surface area contributed by atoms with Crippen molar-refractivity contribution in [3.63, 3.8) is 0 Å². The number of methoxy groups -OCH3 is 1. The predicted molar refractivity (Wildman–Crippen MR) is 136 cm³/mol. The molecule has 1 atom stereocenters. The SMILES string of the molecule is COc1ccc(CN(C(=O)CSCc2ccc(Cl)cc2)C(C)C(=O)NC2CCCCC2)cc1. The van der Waals surface area contributed by atoms with Gasteiger partial charge in [0.2, 0.25) is 11.8 Å². The van der Waals surface area contributed by atoms with Crippen LogP contribution in [0.3, 0.4) is 0 Å². The van der Waals surface area contributed by atoms with Crippen molar-refractivity contribution in [2.75, 3.05) is 12.9 Å². The minimum Gasteiger partial charge on any atom is -0.497 e. The van der Waals surface area contributed by atoms with Gasteiger partial charge in [-0.05, 0) is 55.2 Å². The fourth-order valence-electron chi connectivity index (χ4n) is 4.00. The molecule has 0 aromatic heterocycles. The molecule has 1 fully saturated rings. The molecule has 7 heteroatoms. The molecule has 0 saturated heterocycles. The lowest BCUT2D eigenvalue weighted by Crippen LogP contribution is -2.50. The van der Waals surface area contributed by atoms with E-state index in [-0.39, 0.29) is 17.9 Å². The molecule has 1 aliphatic carbocycles. The zero-order chi connectivity index (χ0) is 23.6. The summed E-state index contributed by atoms with van der Waals surface area (Å²) in [5.74, 6) is 1.66. The molecule has 1 saturated carbocycles. The Labute approximate surface area is 206 Å². The normalized spacial score (nSPS) is 15.0. The van der Waals surface area contributed by atoms with E-state index in [1.807, 2.05) is 55.5 Å². The van der Waals surface area contributed by atoms with Crippen molar-refractivity contribution in [2.45, 2.75) is 63.4 Å². The maximum absolute atomic E-state index is 13.2. The topological polar surface area (TPSA) is 58.6 Å². The summed E-state index contributed by atoms with van der Waals surface area (Å²) in [6, 6.07) is 14.9. The van der Waals surface area contributed by atoms with Crippen LogP contribution in [0.4, 0.5) is 0 Å². The summed E-state index contributed by atoms with van der Waals surface area (Å²) in [7, 11) is 1.63. The molecule has 5 nitrogen and oxygen atoms in total. The third-order valence-electron chi connectivity index (χ3n) is 6.04. The minimum atomic E-state index is -0.544. The van der Waals surface area contributed by atoms with Gasteiger partial charge in [-0.2, -0.15) is 0 Å². The first-order valence-electron chi connectivity index (χ1n) is 11.5. The fraction of sp³-hybridized carbons (Fsp3) is 0.462. The number of halogens is 1. The van der Waals surface area contributed by atoms with Crippen LogP contribution >= 0.6 is 23.4 Å². The molecule has 33 heavy (non-hydrogen) atoms. The minimum absolute atomic E-state index is 0.0453. The highest BCUT2D eigenvalue weighted by Crippen LogP contribution is 2.20. The van der Waals surface area contributed by atoms with Crippen molar-refractivity contribution in [1.29, 1.82) is 0 Å². The Morgan fingerprint density at radius 1 is 1.06 bits per heavy atom. The number of nitrogens with zero attached hydrogens (tertiary/aromatic N) is 1. The number of thioether (sulfide) groups is 1. The van der Waals surface area contributed by atoms with Gasteiger partial charge in [0.15, 0.2) is 0 Å². The number of amides is 2. The Kier molecular flexibility index (Phi) is 9.95. The first-order valence-corrected chi connectivity index (χ1v) is 13.0. The molecular weight excluding hydrogens is 456 g/mol. The number of benzene rings is 2. The lowest BCUT2D eigenvalue weighted by molar-refractivity contribution is -0.139. The Balaban J connectivity index is 1.65. The van der Waals surface area contributed by atoms with Crippen LogP contribution in [0.25, 0.3) is 0 Å². The van der Waals surface area contributed by atoms with E-state index in [0.29, 0.717) is 23.1 Å². The molecule has 3 rings (SSSR count). The first kappa shape index (κ1) is 25.4. The van der Waals surface area contributed by atoms with E-state index < -0.39 is 6.04 Å². The van der Waals surface area contributed by atoms with Crippen molar-refractivity contribution in [1.82, 2.24) is 10.2 Å². The fourth-order valence-corrected chi connectivity index (χ4v) is 5.00. The molecule has 178 valence electrons. The number of carbonyl (C=O) groups is 2. The van der Waals surface area contributed by atoms with Gasteiger partial charge in [-0.1, -0.05) is 55.1 Å². The summed E-state index contributed by atoms with van der Waals surface area (Å²) in [6.07, 6.45) is 5.56. The van der Waals surface area contributed by atoms with Gasteiger partial charge in [0.1, 0.15) is 11.8 Å². The van der Waals surface area contributed by atoms with Crippen LogP contribution in [0.5, 0.6) is 5.75 Å². The number of hydrogen-bond acceptors (Lipinski definition) is 4. The van der Waals surface area contributed by atoms with Crippen molar-refractivity contribution >= 4 is 35.2 Å². The Morgan fingerprint density at radius 3 is 2.33 bits per heavy atom. The summed E-state index contributed by atoms with van der Waals surface area (Å²) in [5.41, 5.74) is 2.08. The van der Waals surface area contributed by atoms with Gasteiger partial charge >= 0.3 is 0 Å². The number of ether oxygens (including phenoxy) is 1. The molecule has 0 aliphatic heterocycles. The van der Waals surface area contributed by atoms with Crippen LogP contribution in [0.15, 0.2) is 48.5 Å². The molecule has 1 unspecified atom stereocenters. The average molecular weight is 489 g/mol. The monoisotopic (exact) mass is 488 g/mol. The number of hydrogen-bond donors (Lipinski definition) is 1. The highest BCUT2D eigenvalue weighted by Gasteiger charge is 2.28. The van der Waals surface area contributed by atoms with Gasteiger partial charge < -0.3 is 15.0 Å². The highest BCUT2D eigenvalue weighted by atomic mass is 35.5. The predicted octanol–water partition coefficient (Wildman–Crippen LogP) is 5.45. The van der Waals surface area contributed by atoms with Crippen LogP contribution in [-0.4, -0.2) is 41.7 Å². The molecule has 1 N–H and O–H groups in total. The first-order chi connectivity index (χ1) is 16.0. The summed E-state index contributed by atoms with van der Waals surface area (Å²) in [5, 5.41) is 3.87. The van der Waals surface area contributed by atoms with Crippen LogP contribution in [0, 0.1) is 0 Å². The summed E-state index contributed by atoms with van der Waals surface area (Å²) in [6.45, 7) is 2.20. The van der Waals surface area contributed by atoms with Crippen molar-refractivity contribution < 1.29 is 14.3 Å². The maximum atomic E-state index is 13.2. The second-order valence-electron chi connectivity index (χ2n) is 8.51. The van der Waals surface area contributed by atoms with Crippen LogP contribution in [0.1, 0.15) is 50.2 Å². The highest BCUT2D eigenvalue weighted by molar-refractivity contribution is 7.99. The Hall–Kier alpha value is -2.18. The van der Waals surface area contributed by atoms with Gasteiger partial charge in [-0.15, -0.1) is 11.8 Å². The summed E-state index contributed by atoms with van der Waals surface area (Å²) >= 11 is 7.50. The number of carbonyl (C=O) groups excluding carboxylic acids is 2. The molecule has 2 aromatic rings. The lowest BCUT2D eigenvalue weighted by atomic mass is 9.95. The maximum Gasteiger partial charge on any atom is 0.242 e. The smallest absolute Gasteiger partial charge is 0.242 e. The lowest BCUT2D eigenvalue weighted by Gasteiger charge is -2.31. The van der Waals surface area contributed by atoms with Gasteiger partial charge in [0, 0.05) is 23.4 Å². The summed E-state index contributed by atoms with van der Waals surface area (Å²) < 4.78 is 5.24. The largest absolute Gasteiger partial charge is 0.497 e. The van der Waals surface area contributed by atoms with Crippen LogP contribution in [0.2, 0.25) is 5.02 Å². The standard InChI is InChI=1S/C26H33ClN2O3S/c1-19(26(31)28-23-6-4-3-5-7-23)29(16-20-10-14-24(32-2)15-11-20)25(30)18-33-17-21-8-12-22(27)13-9-21/h8-15,19,23H,3-7,16-18H2,1-2H3,(H,28,31). The quantitative estimate of drug-likeness (QED) is 0.483. The van der Waals surface area contributed by atoms with Crippen LogP contribution < -0.4 is 10.1 Å². The van der Waals surface area contributed by atoms with E-state index >= 15 is 0 Å². The third kappa shape index (κ3) is 7.97. The van der Waals surface area contributed by atoms with Crippen molar-refractivity contribution in [2.24, 2.45) is 0 Å². The molecule has 1 aliphatic rings. The second kappa shape index (κ2) is 12.9. The zero-order valence-corrected chi connectivity index (χ0v) is 21.0. The molecule has 0 spiro atoms. The van der Waals surface area contributed by atoms with E-state index in [1.54, 1.807) is 23.8 Å². The van der Waals surface area contributed by atoms with E-state index in [2.05, 4.69) is 5.32 Å². The van der Waals surface area contributed by atoms with Gasteiger partial charge in [0.25, 0.3) is 0 Å². The second-order valence-corrected chi connectivity index (χ2v) is 9.93. The molecule has 0 radical (unpaired) electrons. The molecular formula is C26H33ClN2O3S. The van der Waals surface area contributed by atoms with Gasteiger partial charge in [-0.3, -0.25) is 9.59 Å². The van der Waals surface area contributed by atoms with Crippen molar-refractivity contribution in [3.05, 3.63) is 64.7 Å². The zero-order valence-electron chi connectivity index (χ0n) is 19.4. The number of nitrogens with one attached hydrogen (secondary N) is 1. The van der Waals surface area contributed by atoms with E-state index in [4.69, 9.17) is 16.3 Å². The Morgan fingerprint density at radius 2 is 1.70 bits per heavy atom. The average Bonchev–Trinajstić information content (AvgIpc) is 2.84. The molecule has 2 amide bonds. The van der Waals surface area contributed by atoms with Gasteiger partial charge in [0.05, 0.1) is 12.9 Å². The van der Waals surface area contributed by atoms with Gasteiger partial charge in [-0.25, -0.2) is 0 Å². The molecule has 0 bridgehead atoms. The third-order valence-corrected chi connectivity index (χ3v) is 7.28. The summed E-state index contributed by atoms with van der Waals surface area (Å²) in [4.78, 5) is 28.0. The van der Waals surface area contributed by atoms with Crippen LogP contribution in [-0.2, 0) is 21.9 Å². The van der Waals surface area contributed by atoms with E-state index in [1.165, 1.54) is 6.42 Å². The molecule has 2 aromatic carbocycles. The van der Waals surface area contributed by atoms with Crippen molar-refractivity contribution in [3.8, 4) is 5.75 Å². The Bertz CT molecular complexity index is 899. The molecule has 0 heterocycles.